The van der Waals surface area contributed by atoms with Crippen LogP contribution in [0.4, 0.5) is 0 Å². The molecule has 4 rings (SSSR count). The number of amides is 2. The van der Waals surface area contributed by atoms with Crippen LogP contribution in [0.5, 0.6) is 5.75 Å². The summed E-state index contributed by atoms with van der Waals surface area (Å²) in [6, 6.07) is 16.9. The van der Waals surface area contributed by atoms with Crippen molar-refractivity contribution in [3.63, 3.8) is 0 Å². The molecule has 0 aliphatic carbocycles. The van der Waals surface area contributed by atoms with E-state index in [9.17, 15) is 18.0 Å². The molecule has 1 fully saturated rings. The van der Waals surface area contributed by atoms with Crippen molar-refractivity contribution in [1.82, 2.24) is 9.21 Å². The average molecular weight is 498 g/mol. The zero-order chi connectivity index (χ0) is 24.8. The second-order valence-electron chi connectivity index (χ2n) is 8.24. The van der Waals surface area contributed by atoms with Crippen LogP contribution in [0.1, 0.15) is 34.5 Å². The number of carbonyl (C=O) groups is 2. The van der Waals surface area contributed by atoms with E-state index in [1.165, 1.54) is 28.8 Å². The topological polar surface area (TPSA) is 123 Å². The van der Waals surface area contributed by atoms with Crippen molar-refractivity contribution in [1.29, 1.82) is 0 Å². The van der Waals surface area contributed by atoms with Crippen LogP contribution in [0, 0.1) is 0 Å². The quantitative estimate of drug-likeness (QED) is 0.459. The number of ether oxygens (including phenoxy) is 1. The molecule has 2 aromatic carbocycles. The van der Waals surface area contributed by atoms with Gasteiger partial charge in [0, 0.05) is 19.6 Å². The summed E-state index contributed by atoms with van der Waals surface area (Å²) >= 11 is 0. The van der Waals surface area contributed by atoms with Crippen LogP contribution in [-0.2, 0) is 27.9 Å². The first-order valence-corrected chi connectivity index (χ1v) is 12.7. The summed E-state index contributed by atoms with van der Waals surface area (Å²) < 4.78 is 38.2. The monoisotopic (exact) mass is 497 g/mol. The summed E-state index contributed by atoms with van der Waals surface area (Å²) in [5.41, 5.74) is 6.34. The molecule has 2 N–H and O–H groups in total. The molecule has 0 bridgehead atoms. The predicted molar refractivity (Wildman–Crippen MR) is 128 cm³/mol. The van der Waals surface area contributed by atoms with E-state index in [-0.39, 0.29) is 35.3 Å². The van der Waals surface area contributed by atoms with Gasteiger partial charge in [-0.15, -0.1) is 0 Å². The van der Waals surface area contributed by atoms with Gasteiger partial charge in [-0.25, -0.2) is 8.42 Å². The van der Waals surface area contributed by atoms with Gasteiger partial charge in [-0.3, -0.25) is 9.59 Å². The van der Waals surface area contributed by atoms with E-state index in [0.717, 1.165) is 18.4 Å². The Morgan fingerprint density at radius 3 is 2.40 bits per heavy atom. The Morgan fingerprint density at radius 1 is 1.00 bits per heavy atom. The standard InChI is InChI=1S/C25H27N3O6S/c26-25(30)22-15-21(35(31,32)28-12-4-5-13-28)10-11-23(22)34-18-24(29)27(17-20-9-6-14-33-20)16-19-7-2-1-3-8-19/h1-3,6-11,14-15H,4-5,12-13,16-18H2,(H2,26,30). The molecule has 184 valence electrons. The number of primary amides is 1. The Kier molecular flexibility index (Phi) is 7.52. The number of sulfonamides is 1. The molecule has 3 aromatic rings. The molecule has 0 unspecified atom stereocenters. The third-order valence-electron chi connectivity index (χ3n) is 5.77. The van der Waals surface area contributed by atoms with Gasteiger partial charge in [-0.05, 0) is 48.7 Å². The fourth-order valence-corrected chi connectivity index (χ4v) is 5.47. The Balaban J connectivity index is 1.51. The number of rotatable bonds is 10. The minimum Gasteiger partial charge on any atom is -0.483 e. The third-order valence-corrected chi connectivity index (χ3v) is 7.66. The summed E-state index contributed by atoms with van der Waals surface area (Å²) in [7, 11) is -3.74. The maximum atomic E-state index is 13.1. The molecule has 9 nitrogen and oxygen atoms in total. The van der Waals surface area contributed by atoms with Crippen molar-refractivity contribution in [2.75, 3.05) is 19.7 Å². The van der Waals surface area contributed by atoms with Gasteiger partial charge in [-0.1, -0.05) is 30.3 Å². The van der Waals surface area contributed by atoms with E-state index >= 15 is 0 Å². The SMILES string of the molecule is NC(=O)c1cc(S(=O)(=O)N2CCCC2)ccc1OCC(=O)N(Cc1ccccc1)Cc1ccco1. The van der Waals surface area contributed by atoms with Gasteiger partial charge in [0.05, 0.1) is 23.3 Å². The Bertz CT molecular complexity index is 1270. The van der Waals surface area contributed by atoms with Crippen LogP contribution in [-0.4, -0.2) is 49.1 Å². The molecule has 1 aromatic heterocycles. The highest BCUT2D eigenvalue weighted by atomic mass is 32.2. The first-order chi connectivity index (χ1) is 16.8. The predicted octanol–water partition coefficient (Wildman–Crippen LogP) is 2.77. The molecule has 1 aliphatic rings. The van der Waals surface area contributed by atoms with Crippen molar-refractivity contribution < 1.29 is 27.2 Å². The summed E-state index contributed by atoms with van der Waals surface area (Å²) in [6.07, 6.45) is 3.12. The van der Waals surface area contributed by atoms with E-state index in [1.807, 2.05) is 30.3 Å². The second-order valence-corrected chi connectivity index (χ2v) is 10.2. The fourth-order valence-electron chi connectivity index (χ4n) is 3.92. The number of carbonyl (C=O) groups excluding carboxylic acids is 2. The second kappa shape index (κ2) is 10.7. The number of nitrogens with zero attached hydrogens (tertiary/aromatic N) is 2. The molecule has 0 saturated carbocycles. The highest BCUT2D eigenvalue weighted by Crippen LogP contribution is 2.26. The molecular weight excluding hydrogens is 470 g/mol. The number of hydrogen-bond donors (Lipinski definition) is 1. The molecule has 35 heavy (non-hydrogen) atoms. The van der Waals surface area contributed by atoms with Crippen molar-refractivity contribution in [2.24, 2.45) is 5.73 Å². The van der Waals surface area contributed by atoms with Crippen LogP contribution in [0.25, 0.3) is 0 Å². The summed E-state index contributed by atoms with van der Waals surface area (Å²) in [4.78, 5) is 26.7. The zero-order valence-electron chi connectivity index (χ0n) is 19.1. The fraction of sp³-hybridized carbons (Fsp3) is 0.280. The highest BCUT2D eigenvalue weighted by Gasteiger charge is 2.28. The minimum absolute atomic E-state index is 0.0320. The molecule has 0 spiro atoms. The Hall–Kier alpha value is -3.63. The summed E-state index contributed by atoms with van der Waals surface area (Å²) in [6.45, 7) is 1.08. The Morgan fingerprint density at radius 2 is 1.74 bits per heavy atom. The van der Waals surface area contributed by atoms with Gasteiger partial charge >= 0.3 is 0 Å². The third kappa shape index (κ3) is 5.90. The van der Waals surface area contributed by atoms with E-state index in [1.54, 1.807) is 17.0 Å². The van der Waals surface area contributed by atoms with Gasteiger partial charge in [0.25, 0.3) is 11.8 Å². The molecule has 1 aliphatic heterocycles. The molecule has 2 amide bonds. The van der Waals surface area contributed by atoms with Crippen molar-refractivity contribution in [2.45, 2.75) is 30.8 Å². The van der Waals surface area contributed by atoms with E-state index in [2.05, 4.69) is 0 Å². The lowest BCUT2D eigenvalue weighted by molar-refractivity contribution is -0.134. The normalized spacial score (nSPS) is 14.1. The molecule has 0 radical (unpaired) electrons. The molecular formula is C25H27N3O6S. The smallest absolute Gasteiger partial charge is 0.261 e. The van der Waals surface area contributed by atoms with Crippen LogP contribution in [0.15, 0.2) is 76.2 Å². The summed E-state index contributed by atoms with van der Waals surface area (Å²) in [5.74, 6) is -0.524. The first-order valence-electron chi connectivity index (χ1n) is 11.3. The van der Waals surface area contributed by atoms with Gasteiger partial charge in [0.2, 0.25) is 10.0 Å². The number of benzene rings is 2. The van der Waals surface area contributed by atoms with E-state index in [0.29, 0.717) is 25.4 Å². The van der Waals surface area contributed by atoms with Gasteiger partial charge in [-0.2, -0.15) is 4.31 Å². The number of furan rings is 1. The van der Waals surface area contributed by atoms with Crippen LogP contribution in [0.2, 0.25) is 0 Å². The lowest BCUT2D eigenvalue weighted by Crippen LogP contribution is -2.34. The minimum atomic E-state index is -3.74. The Labute approximate surface area is 204 Å². The maximum Gasteiger partial charge on any atom is 0.261 e. The van der Waals surface area contributed by atoms with E-state index in [4.69, 9.17) is 14.9 Å². The zero-order valence-corrected chi connectivity index (χ0v) is 19.9. The van der Waals surface area contributed by atoms with E-state index < -0.39 is 15.9 Å². The lowest BCUT2D eigenvalue weighted by atomic mass is 10.2. The van der Waals surface area contributed by atoms with Gasteiger partial charge in [0.15, 0.2) is 6.61 Å². The largest absolute Gasteiger partial charge is 0.483 e. The van der Waals surface area contributed by atoms with Gasteiger partial charge in [0.1, 0.15) is 11.5 Å². The van der Waals surface area contributed by atoms with Crippen molar-refractivity contribution in [3.8, 4) is 5.75 Å². The highest BCUT2D eigenvalue weighted by molar-refractivity contribution is 7.89. The molecule has 2 heterocycles. The van der Waals surface area contributed by atoms with Crippen LogP contribution >= 0.6 is 0 Å². The number of hydrogen-bond acceptors (Lipinski definition) is 6. The van der Waals surface area contributed by atoms with Crippen LogP contribution in [0.3, 0.4) is 0 Å². The van der Waals surface area contributed by atoms with Crippen molar-refractivity contribution >= 4 is 21.8 Å². The first kappa shape index (κ1) is 24.5. The summed E-state index contributed by atoms with van der Waals surface area (Å²) in [5, 5.41) is 0. The van der Waals surface area contributed by atoms with Crippen LogP contribution < -0.4 is 10.5 Å². The molecule has 0 atom stereocenters. The average Bonchev–Trinajstić information content (AvgIpc) is 3.57. The molecule has 1 saturated heterocycles. The van der Waals surface area contributed by atoms with Gasteiger partial charge < -0.3 is 19.8 Å². The lowest BCUT2D eigenvalue weighted by Gasteiger charge is -2.22. The van der Waals surface area contributed by atoms with Crippen molar-refractivity contribution in [3.05, 3.63) is 83.8 Å². The molecule has 10 heteroatoms. The number of nitrogens with two attached hydrogens (primary N) is 1. The maximum absolute atomic E-state index is 13.1.